The molecule has 1 fully saturated rings. The first-order valence-corrected chi connectivity index (χ1v) is 9.16. The third-order valence-electron chi connectivity index (χ3n) is 4.97. The molecule has 2 heterocycles. The number of esters is 1. The maximum Gasteiger partial charge on any atom is 0.313 e. The molecule has 3 rings (SSSR count). The van der Waals surface area contributed by atoms with Crippen LogP contribution in [0, 0.1) is 5.41 Å². The SMILES string of the molecule is CCOC(=O)[C@]1(Cc2cccc(OC)c2)CCCN(Cc2ncc[nH]2)C1. The van der Waals surface area contributed by atoms with E-state index in [-0.39, 0.29) is 5.97 Å². The van der Waals surface area contributed by atoms with Gasteiger partial charge in [-0.1, -0.05) is 12.1 Å². The Morgan fingerprint density at radius 2 is 2.31 bits per heavy atom. The van der Waals surface area contributed by atoms with Crippen LogP contribution < -0.4 is 4.74 Å². The summed E-state index contributed by atoms with van der Waals surface area (Å²) in [5.74, 6) is 1.63. The van der Waals surface area contributed by atoms with Gasteiger partial charge < -0.3 is 14.5 Å². The van der Waals surface area contributed by atoms with E-state index in [4.69, 9.17) is 9.47 Å². The fraction of sp³-hybridized carbons (Fsp3) is 0.500. The van der Waals surface area contributed by atoms with E-state index >= 15 is 0 Å². The van der Waals surface area contributed by atoms with E-state index in [1.54, 1.807) is 13.3 Å². The van der Waals surface area contributed by atoms with Crippen molar-refractivity contribution in [1.29, 1.82) is 0 Å². The Morgan fingerprint density at radius 3 is 3.04 bits per heavy atom. The number of likely N-dealkylation sites (tertiary alicyclic amines) is 1. The molecule has 1 aromatic carbocycles. The Kier molecular flexibility index (Phi) is 5.93. The number of carbonyl (C=O) groups excluding carboxylic acids is 1. The number of nitrogens with one attached hydrogen (secondary N) is 1. The number of rotatable bonds is 7. The molecule has 1 aliphatic heterocycles. The Bertz CT molecular complexity index is 717. The van der Waals surface area contributed by atoms with Crippen molar-refractivity contribution in [2.24, 2.45) is 5.41 Å². The number of aromatic nitrogens is 2. The number of aromatic amines is 1. The van der Waals surface area contributed by atoms with Gasteiger partial charge in [-0.25, -0.2) is 4.98 Å². The fourth-order valence-electron chi connectivity index (χ4n) is 3.80. The molecule has 0 unspecified atom stereocenters. The second kappa shape index (κ2) is 8.36. The molecule has 0 radical (unpaired) electrons. The van der Waals surface area contributed by atoms with Gasteiger partial charge >= 0.3 is 5.97 Å². The van der Waals surface area contributed by atoms with Crippen molar-refractivity contribution in [3.05, 3.63) is 48.0 Å². The summed E-state index contributed by atoms with van der Waals surface area (Å²) in [6, 6.07) is 7.95. The molecule has 1 atom stereocenters. The molecule has 2 aromatic rings. The van der Waals surface area contributed by atoms with Crippen molar-refractivity contribution in [3.8, 4) is 5.75 Å². The molecule has 6 heteroatoms. The monoisotopic (exact) mass is 357 g/mol. The summed E-state index contributed by atoms with van der Waals surface area (Å²) in [5, 5.41) is 0. The van der Waals surface area contributed by atoms with Gasteiger partial charge in [0, 0.05) is 18.9 Å². The van der Waals surface area contributed by atoms with Gasteiger partial charge in [0.1, 0.15) is 11.6 Å². The molecular weight excluding hydrogens is 330 g/mol. The Hall–Kier alpha value is -2.34. The van der Waals surface area contributed by atoms with Gasteiger partial charge in [0.15, 0.2) is 0 Å². The van der Waals surface area contributed by atoms with Gasteiger partial charge in [-0.05, 0) is 50.4 Å². The summed E-state index contributed by atoms with van der Waals surface area (Å²) in [6.45, 7) is 4.60. The number of carbonyl (C=O) groups is 1. The fourth-order valence-corrected chi connectivity index (χ4v) is 3.80. The van der Waals surface area contributed by atoms with Crippen LogP contribution in [0.1, 0.15) is 31.2 Å². The number of piperidine rings is 1. The van der Waals surface area contributed by atoms with Gasteiger partial charge in [0.2, 0.25) is 0 Å². The van der Waals surface area contributed by atoms with Crippen LogP contribution in [-0.2, 0) is 22.5 Å². The van der Waals surface area contributed by atoms with E-state index in [2.05, 4.69) is 20.9 Å². The molecule has 1 aliphatic rings. The summed E-state index contributed by atoms with van der Waals surface area (Å²) in [5.41, 5.74) is 0.560. The summed E-state index contributed by atoms with van der Waals surface area (Å²) in [6.07, 6.45) is 6.03. The van der Waals surface area contributed by atoms with E-state index in [9.17, 15) is 4.79 Å². The Balaban J connectivity index is 1.81. The van der Waals surface area contributed by atoms with Gasteiger partial charge in [-0.15, -0.1) is 0 Å². The zero-order valence-corrected chi connectivity index (χ0v) is 15.5. The van der Waals surface area contributed by atoms with Crippen molar-refractivity contribution in [2.75, 3.05) is 26.8 Å². The molecule has 0 aliphatic carbocycles. The molecule has 1 N–H and O–H groups in total. The number of hydrogen-bond donors (Lipinski definition) is 1. The van der Waals surface area contributed by atoms with Crippen LogP contribution in [0.2, 0.25) is 0 Å². The molecule has 0 spiro atoms. The topological polar surface area (TPSA) is 67.5 Å². The van der Waals surface area contributed by atoms with Crippen LogP contribution in [0.5, 0.6) is 5.75 Å². The van der Waals surface area contributed by atoms with Crippen molar-refractivity contribution in [2.45, 2.75) is 32.7 Å². The molecule has 26 heavy (non-hydrogen) atoms. The van der Waals surface area contributed by atoms with Gasteiger partial charge in [0.25, 0.3) is 0 Å². The van der Waals surface area contributed by atoms with Gasteiger partial charge in [0.05, 0.1) is 25.7 Å². The molecule has 6 nitrogen and oxygen atoms in total. The Labute approximate surface area is 154 Å². The average Bonchev–Trinajstić information content (AvgIpc) is 3.15. The predicted octanol–water partition coefficient (Wildman–Crippen LogP) is 2.81. The number of methoxy groups -OCH3 is 1. The standard InChI is InChI=1S/C20H27N3O3/c1-3-26-19(24)20(13-16-6-4-7-17(12-16)25-2)8-5-11-23(15-20)14-18-21-9-10-22-18/h4,6-7,9-10,12H,3,5,8,11,13-15H2,1-2H3,(H,21,22)/t20-/m0/s1. The minimum Gasteiger partial charge on any atom is -0.497 e. The lowest BCUT2D eigenvalue weighted by molar-refractivity contribution is -0.159. The third kappa shape index (κ3) is 4.25. The number of imidazole rings is 1. The van der Waals surface area contributed by atoms with Crippen molar-refractivity contribution in [1.82, 2.24) is 14.9 Å². The highest BCUT2D eigenvalue weighted by atomic mass is 16.5. The third-order valence-corrected chi connectivity index (χ3v) is 4.97. The molecule has 0 saturated carbocycles. The summed E-state index contributed by atoms with van der Waals surface area (Å²) < 4.78 is 10.8. The first-order chi connectivity index (χ1) is 12.6. The van der Waals surface area contributed by atoms with Gasteiger partial charge in [-0.2, -0.15) is 0 Å². The van der Waals surface area contributed by atoms with Crippen LogP contribution in [0.15, 0.2) is 36.7 Å². The molecule has 1 aromatic heterocycles. The average molecular weight is 357 g/mol. The lowest BCUT2D eigenvalue weighted by Gasteiger charge is -2.40. The van der Waals surface area contributed by atoms with Crippen molar-refractivity contribution < 1.29 is 14.3 Å². The summed E-state index contributed by atoms with van der Waals surface area (Å²) in [4.78, 5) is 22.7. The molecule has 0 bridgehead atoms. The van der Waals surface area contributed by atoms with E-state index in [1.807, 2.05) is 31.3 Å². The number of H-pyrrole nitrogens is 1. The predicted molar refractivity (Wildman–Crippen MR) is 98.9 cm³/mol. The van der Waals surface area contributed by atoms with E-state index in [0.29, 0.717) is 26.1 Å². The maximum atomic E-state index is 12.9. The lowest BCUT2D eigenvalue weighted by Crippen LogP contribution is -2.49. The van der Waals surface area contributed by atoms with Crippen LogP contribution in [0.3, 0.4) is 0 Å². The highest BCUT2D eigenvalue weighted by Crippen LogP contribution is 2.36. The number of hydrogen-bond acceptors (Lipinski definition) is 5. The van der Waals surface area contributed by atoms with Crippen LogP contribution in [0.4, 0.5) is 0 Å². The quantitative estimate of drug-likeness (QED) is 0.772. The second-order valence-electron chi connectivity index (χ2n) is 6.88. The highest BCUT2D eigenvalue weighted by Gasteiger charge is 2.43. The van der Waals surface area contributed by atoms with E-state index < -0.39 is 5.41 Å². The molecule has 0 amide bonds. The molecule has 1 saturated heterocycles. The van der Waals surface area contributed by atoms with Crippen LogP contribution in [-0.4, -0.2) is 47.6 Å². The largest absolute Gasteiger partial charge is 0.497 e. The first-order valence-electron chi connectivity index (χ1n) is 9.16. The minimum absolute atomic E-state index is 0.105. The van der Waals surface area contributed by atoms with Crippen molar-refractivity contribution in [3.63, 3.8) is 0 Å². The highest BCUT2D eigenvalue weighted by molar-refractivity contribution is 5.78. The lowest BCUT2D eigenvalue weighted by atomic mass is 9.75. The minimum atomic E-state index is -0.535. The number of nitrogens with zero attached hydrogens (tertiary/aromatic N) is 2. The van der Waals surface area contributed by atoms with E-state index in [0.717, 1.165) is 36.5 Å². The molecular formula is C20H27N3O3. The van der Waals surface area contributed by atoms with Crippen molar-refractivity contribution >= 4 is 5.97 Å². The first kappa shape index (κ1) is 18.5. The van der Waals surface area contributed by atoms with Gasteiger partial charge in [-0.3, -0.25) is 9.69 Å². The number of benzene rings is 1. The second-order valence-corrected chi connectivity index (χ2v) is 6.88. The van der Waals surface area contributed by atoms with Crippen LogP contribution >= 0.6 is 0 Å². The maximum absolute atomic E-state index is 12.9. The normalized spacial score (nSPS) is 20.7. The summed E-state index contributed by atoms with van der Waals surface area (Å²) in [7, 11) is 1.66. The smallest absolute Gasteiger partial charge is 0.313 e. The zero-order chi connectivity index (χ0) is 18.4. The van der Waals surface area contributed by atoms with E-state index in [1.165, 1.54) is 0 Å². The summed E-state index contributed by atoms with van der Waals surface area (Å²) >= 11 is 0. The number of ether oxygens (including phenoxy) is 2. The van der Waals surface area contributed by atoms with Crippen LogP contribution in [0.25, 0.3) is 0 Å². The Morgan fingerprint density at radius 1 is 1.42 bits per heavy atom. The molecule has 140 valence electrons. The zero-order valence-electron chi connectivity index (χ0n) is 15.5.